The topological polar surface area (TPSA) is 64.0 Å². The Morgan fingerprint density at radius 3 is 2.64 bits per heavy atom. The van der Waals surface area contributed by atoms with Crippen LogP contribution in [0.5, 0.6) is 0 Å². The van der Waals surface area contributed by atoms with E-state index in [9.17, 15) is 8.42 Å². The van der Waals surface area contributed by atoms with Crippen molar-refractivity contribution in [3.8, 4) is 0 Å². The van der Waals surface area contributed by atoms with Gasteiger partial charge in [0.2, 0.25) is 10.0 Å². The molecule has 1 fully saturated rings. The van der Waals surface area contributed by atoms with Gasteiger partial charge in [-0.3, -0.25) is 4.68 Å². The molecule has 0 aromatic carbocycles. The normalized spacial score (nSPS) is 17.3. The lowest BCUT2D eigenvalue weighted by atomic mass is 10.5. The second-order valence-corrected chi connectivity index (χ2v) is 5.30. The fourth-order valence-corrected chi connectivity index (χ4v) is 2.73. The molecule has 0 spiro atoms. The molecule has 2 rings (SSSR count). The Bertz CT molecular complexity index is 445. The zero-order valence-electron chi connectivity index (χ0n) is 8.19. The molecule has 1 aliphatic carbocycles. The third-order valence-corrected chi connectivity index (χ3v) is 4.00. The Balaban J connectivity index is 2.32. The Hall–Kier alpha value is -0.880. The van der Waals surface area contributed by atoms with Crippen molar-refractivity contribution in [3.63, 3.8) is 0 Å². The predicted molar refractivity (Wildman–Crippen MR) is 51.3 cm³/mol. The van der Waals surface area contributed by atoms with E-state index in [1.807, 2.05) is 0 Å². The number of nitrogens with one attached hydrogen (secondary N) is 1. The number of sulfonamides is 1. The standard InChI is InChI=1S/C8H13N3O2S/c1-6-8(5-9-11(6)2)14(12,13)10-7-3-4-7/h5,7,10H,3-4H2,1-2H3. The smallest absolute Gasteiger partial charge is 0.244 e. The maximum atomic E-state index is 11.8. The fourth-order valence-electron chi connectivity index (χ4n) is 1.23. The van der Waals surface area contributed by atoms with E-state index < -0.39 is 10.0 Å². The van der Waals surface area contributed by atoms with Gasteiger partial charge in [0, 0.05) is 13.1 Å². The van der Waals surface area contributed by atoms with E-state index >= 15 is 0 Å². The van der Waals surface area contributed by atoms with Gasteiger partial charge in [-0.2, -0.15) is 5.10 Å². The van der Waals surface area contributed by atoms with Crippen LogP contribution in [0, 0.1) is 6.92 Å². The molecule has 1 saturated carbocycles. The summed E-state index contributed by atoms with van der Waals surface area (Å²) < 4.78 is 27.7. The lowest BCUT2D eigenvalue weighted by Crippen LogP contribution is -2.26. The zero-order valence-corrected chi connectivity index (χ0v) is 9.00. The van der Waals surface area contributed by atoms with Crippen LogP contribution in [0.4, 0.5) is 0 Å². The molecule has 0 unspecified atom stereocenters. The van der Waals surface area contributed by atoms with E-state index in [1.165, 1.54) is 6.20 Å². The lowest BCUT2D eigenvalue weighted by molar-refractivity contribution is 0.580. The Morgan fingerprint density at radius 1 is 1.57 bits per heavy atom. The highest BCUT2D eigenvalue weighted by molar-refractivity contribution is 7.89. The lowest BCUT2D eigenvalue weighted by Gasteiger charge is -2.03. The molecular weight excluding hydrogens is 202 g/mol. The highest BCUT2D eigenvalue weighted by atomic mass is 32.2. The summed E-state index contributed by atoms with van der Waals surface area (Å²) in [4.78, 5) is 0.284. The second kappa shape index (κ2) is 3.06. The number of nitrogens with zero attached hydrogens (tertiary/aromatic N) is 2. The fraction of sp³-hybridized carbons (Fsp3) is 0.625. The number of aryl methyl sites for hydroxylation is 1. The third-order valence-electron chi connectivity index (χ3n) is 2.38. The van der Waals surface area contributed by atoms with Crippen molar-refractivity contribution in [2.45, 2.75) is 30.7 Å². The molecule has 14 heavy (non-hydrogen) atoms. The largest absolute Gasteiger partial charge is 0.272 e. The molecule has 0 amide bonds. The monoisotopic (exact) mass is 215 g/mol. The van der Waals surface area contributed by atoms with E-state index in [0.717, 1.165) is 12.8 Å². The van der Waals surface area contributed by atoms with E-state index in [-0.39, 0.29) is 10.9 Å². The summed E-state index contributed by atoms with van der Waals surface area (Å²) >= 11 is 0. The highest BCUT2D eigenvalue weighted by Gasteiger charge is 2.29. The first-order valence-corrected chi connectivity index (χ1v) is 6.00. The molecule has 1 aromatic heterocycles. The van der Waals surface area contributed by atoms with Crippen LogP contribution in [0.1, 0.15) is 18.5 Å². The molecule has 78 valence electrons. The molecule has 1 aliphatic rings. The van der Waals surface area contributed by atoms with Crippen LogP contribution in [0.15, 0.2) is 11.1 Å². The van der Waals surface area contributed by atoms with E-state index in [2.05, 4.69) is 9.82 Å². The summed E-state index contributed by atoms with van der Waals surface area (Å²) in [7, 11) is -1.61. The van der Waals surface area contributed by atoms with Crippen LogP contribution >= 0.6 is 0 Å². The van der Waals surface area contributed by atoms with E-state index in [1.54, 1.807) is 18.7 Å². The number of rotatable bonds is 3. The molecule has 6 heteroatoms. The molecule has 1 N–H and O–H groups in total. The molecule has 0 radical (unpaired) electrons. The van der Waals surface area contributed by atoms with Gasteiger partial charge in [-0.25, -0.2) is 13.1 Å². The van der Waals surface area contributed by atoms with Gasteiger partial charge < -0.3 is 0 Å². The van der Waals surface area contributed by atoms with Crippen molar-refractivity contribution < 1.29 is 8.42 Å². The van der Waals surface area contributed by atoms with Crippen molar-refractivity contribution in [2.24, 2.45) is 7.05 Å². The summed E-state index contributed by atoms with van der Waals surface area (Å²) in [6.45, 7) is 1.74. The van der Waals surface area contributed by atoms with Crippen molar-refractivity contribution in [2.75, 3.05) is 0 Å². The molecule has 5 nitrogen and oxygen atoms in total. The average molecular weight is 215 g/mol. The first-order chi connectivity index (χ1) is 6.50. The number of aromatic nitrogens is 2. The molecule has 1 heterocycles. The average Bonchev–Trinajstić information content (AvgIpc) is 2.80. The van der Waals surface area contributed by atoms with Gasteiger partial charge in [0.05, 0.1) is 11.9 Å². The molecule has 0 bridgehead atoms. The minimum atomic E-state index is -3.34. The van der Waals surface area contributed by atoms with Crippen LogP contribution in [0.25, 0.3) is 0 Å². The predicted octanol–water partition coefficient (Wildman–Crippen LogP) is 0.169. The summed E-state index contributed by atoms with van der Waals surface area (Å²) in [5.41, 5.74) is 0.665. The van der Waals surface area contributed by atoms with Gasteiger partial charge >= 0.3 is 0 Å². The first kappa shape index (κ1) is 9.67. The van der Waals surface area contributed by atoms with Gasteiger partial charge in [0.1, 0.15) is 4.90 Å². The Morgan fingerprint density at radius 2 is 2.21 bits per heavy atom. The van der Waals surface area contributed by atoms with E-state index in [4.69, 9.17) is 0 Å². The number of hydrogen-bond acceptors (Lipinski definition) is 3. The molecular formula is C8H13N3O2S. The van der Waals surface area contributed by atoms with Crippen LogP contribution < -0.4 is 4.72 Å². The number of hydrogen-bond donors (Lipinski definition) is 1. The van der Waals surface area contributed by atoms with Crippen molar-refractivity contribution >= 4 is 10.0 Å². The van der Waals surface area contributed by atoms with Crippen LogP contribution in [-0.4, -0.2) is 24.2 Å². The van der Waals surface area contributed by atoms with E-state index in [0.29, 0.717) is 5.69 Å². The maximum absolute atomic E-state index is 11.8. The van der Waals surface area contributed by atoms with Crippen molar-refractivity contribution in [3.05, 3.63) is 11.9 Å². The van der Waals surface area contributed by atoms with Crippen molar-refractivity contribution in [1.82, 2.24) is 14.5 Å². The van der Waals surface area contributed by atoms with Crippen LogP contribution in [0.2, 0.25) is 0 Å². The summed E-state index contributed by atoms with van der Waals surface area (Å²) in [6.07, 6.45) is 3.27. The zero-order chi connectivity index (χ0) is 10.3. The Labute approximate surface area is 83.2 Å². The quantitative estimate of drug-likeness (QED) is 0.781. The highest BCUT2D eigenvalue weighted by Crippen LogP contribution is 2.22. The summed E-state index contributed by atoms with van der Waals surface area (Å²) in [6, 6.07) is 0.139. The molecule has 0 saturated heterocycles. The molecule has 0 aliphatic heterocycles. The molecule has 0 atom stereocenters. The third kappa shape index (κ3) is 1.67. The first-order valence-electron chi connectivity index (χ1n) is 4.51. The van der Waals surface area contributed by atoms with Gasteiger partial charge in [0.15, 0.2) is 0 Å². The van der Waals surface area contributed by atoms with Gasteiger partial charge in [-0.1, -0.05) is 0 Å². The van der Waals surface area contributed by atoms with Crippen LogP contribution in [-0.2, 0) is 17.1 Å². The summed E-state index contributed by atoms with van der Waals surface area (Å²) in [5, 5.41) is 3.91. The minimum Gasteiger partial charge on any atom is -0.272 e. The Kier molecular flexibility index (Phi) is 2.11. The van der Waals surface area contributed by atoms with Crippen LogP contribution in [0.3, 0.4) is 0 Å². The van der Waals surface area contributed by atoms with Gasteiger partial charge in [-0.05, 0) is 19.8 Å². The summed E-state index contributed by atoms with van der Waals surface area (Å²) in [5.74, 6) is 0. The van der Waals surface area contributed by atoms with Crippen molar-refractivity contribution in [1.29, 1.82) is 0 Å². The SMILES string of the molecule is Cc1c(S(=O)(=O)NC2CC2)cnn1C. The van der Waals surface area contributed by atoms with Gasteiger partial charge in [0.25, 0.3) is 0 Å². The second-order valence-electron chi connectivity index (χ2n) is 3.61. The molecule has 1 aromatic rings. The maximum Gasteiger partial charge on any atom is 0.244 e. The minimum absolute atomic E-state index is 0.139. The van der Waals surface area contributed by atoms with Gasteiger partial charge in [-0.15, -0.1) is 0 Å².